The summed E-state index contributed by atoms with van der Waals surface area (Å²) in [5, 5.41) is 4.68. The minimum Gasteiger partial charge on any atom is -0.308 e. The van der Waals surface area contributed by atoms with Crippen LogP contribution in [0.1, 0.15) is 30.6 Å². The Bertz CT molecular complexity index is 517. The van der Waals surface area contributed by atoms with Crippen LogP contribution in [0.4, 0.5) is 0 Å². The Kier molecular flexibility index (Phi) is 5.58. The molecule has 6 heteroatoms. The van der Waals surface area contributed by atoms with Gasteiger partial charge in [-0.1, -0.05) is 42.3 Å². The van der Waals surface area contributed by atoms with Crippen molar-refractivity contribution >= 4 is 34.9 Å². The molecule has 0 amide bonds. The van der Waals surface area contributed by atoms with Crippen molar-refractivity contribution in [1.82, 2.24) is 14.1 Å². The highest BCUT2D eigenvalue weighted by molar-refractivity contribution is 6.99. The van der Waals surface area contributed by atoms with Crippen molar-refractivity contribution in [2.24, 2.45) is 0 Å². The van der Waals surface area contributed by atoms with Crippen LogP contribution >= 0.6 is 34.9 Å². The molecule has 2 aromatic rings. The minimum atomic E-state index is 0.120. The zero-order valence-electron chi connectivity index (χ0n) is 10.6. The highest BCUT2D eigenvalue weighted by Gasteiger charge is 2.16. The molecule has 2 rings (SSSR count). The summed E-state index contributed by atoms with van der Waals surface area (Å²) in [4.78, 5) is 0. The third kappa shape index (κ3) is 3.89. The zero-order valence-corrected chi connectivity index (χ0v) is 12.9. The van der Waals surface area contributed by atoms with E-state index in [1.165, 1.54) is 11.7 Å². The molecule has 0 fully saturated rings. The van der Waals surface area contributed by atoms with Crippen LogP contribution in [0.25, 0.3) is 0 Å². The normalized spacial score (nSPS) is 12.6. The molecule has 1 N–H and O–H groups in total. The van der Waals surface area contributed by atoms with Gasteiger partial charge in [0.2, 0.25) is 0 Å². The van der Waals surface area contributed by atoms with Gasteiger partial charge in [-0.15, -0.1) is 0 Å². The number of benzene rings is 1. The first-order chi connectivity index (χ1) is 9.22. The Morgan fingerprint density at radius 2 is 2.21 bits per heavy atom. The summed E-state index contributed by atoms with van der Waals surface area (Å²) in [6.45, 7) is 3.07. The molecular weight excluding hydrogens is 301 g/mol. The van der Waals surface area contributed by atoms with E-state index in [0.29, 0.717) is 10.0 Å². The Balaban J connectivity index is 2.18. The van der Waals surface area contributed by atoms with Gasteiger partial charge in [0, 0.05) is 0 Å². The number of nitrogens with zero attached hydrogens (tertiary/aromatic N) is 2. The largest absolute Gasteiger partial charge is 0.308 e. The van der Waals surface area contributed by atoms with E-state index < -0.39 is 0 Å². The molecule has 1 aromatic carbocycles. The van der Waals surface area contributed by atoms with Crippen molar-refractivity contribution in [2.75, 3.05) is 6.54 Å². The molecule has 0 aliphatic carbocycles. The summed E-state index contributed by atoms with van der Waals surface area (Å²) in [5.41, 5.74) is 1.98. The molecule has 19 heavy (non-hydrogen) atoms. The van der Waals surface area contributed by atoms with Gasteiger partial charge in [-0.25, -0.2) is 0 Å². The summed E-state index contributed by atoms with van der Waals surface area (Å²) >= 11 is 13.5. The Hall–Kier alpha value is -0.680. The number of halogens is 2. The van der Waals surface area contributed by atoms with Gasteiger partial charge in [0.1, 0.15) is 0 Å². The van der Waals surface area contributed by atoms with Crippen LogP contribution in [0.15, 0.2) is 24.4 Å². The Labute approximate surface area is 127 Å². The average molecular weight is 316 g/mol. The lowest BCUT2D eigenvalue weighted by atomic mass is 10.0. The Morgan fingerprint density at radius 1 is 1.37 bits per heavy atom. The number of hydrogen-bond donors (Lipinski definition) is 1. The fourth-order valence-corrected chi connectivity index (χ4v) is 2.72. The van der Waals surface area contributed by atoms with Crippen molar-refractivity contribution in [3.63, 3.8) is 0 Å². The lowest BCUT2D eigenvalue weighted by molar-refractivity contribution is 0.521. The maximum absolute atomic E-state index is 6.24. The van der Waals surface area contributed by atoms with E-state index in [9.17, 15) is 0 Å². The topological polar surface area (TPSA) is 37.8 Å². The van der Waals surface area contributed by atoms with Gasteiger partial charge in [0.05, 0.1) is 39.7 Å². The molecule has 0 saturated carbocycles. The van der Waals surface area contributed by atoms with E-state index in [0.717, 1.165) is 30.6 Å². The third-order valence-electron chi connectivity index (χ3n) is 2.83. The van der Waals surface area contributed by atoms with E-state index in [2.05, 4.69) is 21.0 Å². The van der Waals surface area contributed by atoms with Crippen LogP contribution in [0.3, 0.4) is 0 Å². The van der Waals surface area contributed by atoms with E-state index in [1.54, 1.807) is 12.3 Å². The van der Waals surface area contributed by atoms with Gasteiger partial charge in [-0.05, 0) is 31.0 Å². The van der Waals surface area contributed by atoms with Gasteiger partial charge in [0.25, 0.3) is 0 Å². The SMILES string of the molecule is CCCNC(Cc1cccc(Cl)c1Cl)c1cnsn1. The molecule has 0 aliphatic rings. The highest BCUT2D eigenvalue weighted by Crippen LogP contribution is 2.28. The monoisotopic (exact) mass is 315 g/mol. The molecule has 0 aliphatic heterocycles. The quantitative estimate of drug-likeness (QED) is 0.871. The van der Waals surface area contributed by atoms with Crippen molar-refractivity contribution < 1.29 is 0 Å². The number of nitrogens with one attached hydrogen (secondary N) is 1. The Morgan fingerprint density at radius 3 is 2.89 bits per heavy atom. The van der Waals surface area contributed by atoms with Gasteiger partial charge < -0.3 is 5.32 Å². The van der Waals surface area contributed by atoms with Crippen LogP contribution < -0.4 is 5.32 Å². The second-order valence-corrected chi connectivity index (χ2v) is 5.60. The number of aromatic nitrogens is 2. The van der Waals surface area contributed by atoms with Gasteiger partial charge in [0.15, 0.2) is 0 Å². The van der Waals surface area contributed by atoms with Crippen LogP contribution in [-0.2, 0) is 6.42 Å². The fraction of sp³-hybridized carbons (Fsp3) is 0.385. The molecule has 102 valence electrons. The van der Waals surface area contributed by atoms with Gasteiger partial charge in [-0.2, -0.15) is 8.75 Å². The average Bonchev–Trinajstić information content (AvgIpc) is 2.93. The third-order valence-corrected chi connectivity index (χ3v) is 4.18. The second kappa shape index (κ2) is 7.20. The first-order valence-electron chi connectivity index (χ1n) is 6.16. The molecule has 0 spiro atoms. The maximum Gasteiger partial charge on any atom is 0.0915 e. The minimum absolute atomic E-state index is 0.120. The van der Waals surface area contributed by atoms with Crippen molar-refractivity contribution in [1.29, 1.82) is 0 Å². The molecule has 0 saturated heterocycles. The van der Waals surface area contributed by atoms with Gasteiger partial charge >= 0.3 is 0 Å². The summed E-state index contributed by atoms with van der Waals surface area (Å²) < 4.78 is 8.37. The van der Waals surface area contributed by atoms with E-state index >= 15 is 0 Å². The molecule has 3 nitrogen and oxygen atoms in total. The molecule has 1 heterocycles. The van der Waals surface area contributed by atoms with Crippen LogP contribution in [-0.4, -0.2) is 15.3 Å². The van der Waals surface area contributed by atoms with E-state index in [-0.39, 0.29) is 6.04 Å². The molecule has 0 radical (unpaired) electrons. The summed E-state index contributed by atoms with van der Waals surface area (Å²) in [6, 6.07) is 5.83. The lowest BCUT2D eigenvalue weighted by Crippen LogP contribution is -2.24. The van der Waals surface area contributed by atoms with Crippen molar-refractivity contribution in [3.05, 3.63) is 45.7 Å². The molecule has 0 bridgehead atoms. The lowest BCUT2D eigenvalue weighted by Gasteiger charge is -2.17. The van der Waals surface area contributed by atoms with Crippen LogP contribution in [0.2, 0.25) is 10.0 Å². The standard InChI is InChI=1S/C13H15Cl2N3S/c1-2-6-16-11(12-8-17-19-18-12)7-9-4-3-5-10(14)13(9)15/h3-5,8,11,16H,2,6-7H2,1H3. The highest BCUT2D eigenvalue weighted by atomic mass is 35.5. The zero-order chi connectivity index (χ0) is 13.7. The van der Waals surface area contributed by atoms with Crippen molar-refractivity contribution in [2.45, 2.75) is 25.8 Å². The summed E-state index contributed by atoms with van der Waals surface area (Å²) in [5.74, 6) is 0. The first-order valence-corrected chi connectivity index (χ1v) is 7.64. The van der Waals surface area contributed by atoms with Crippen molar-refractivity contribution in [3.8, 4) is 0 Å². The fourth-order valence-electron chi connectivity index (χ4n) is 1.85. The molecule has 1 unspecified atom stereocenters. The second-order valence-electron chi connectivity index (χ2n) is 4.26. The van der Waals surface area contributed by atoms with E-state index in [4.69, 9.17) is 23.2 Å². The molecule has 1 aromatic heterocycles. The smallest absolute Gasteiger partial charge is 0.0915 e. The molecule has 1 atom stereocenters. The van der Waals surface area contributed by atoms with Crippen LogP contribution in [0.5, 0.6) is 0 Å². The van der Waals surface area contributed by atoms with Crippen LogP contribution in [0, 0.1) is 0 Å². The summed E-state index contributed by atoms with van der Waals surface area (Å²) in [7, 11) is 0. The predicted octanol–water partition coefficient (Wildman–Crippen LogP) is 4.13. The first kappa shape index (κ1) is 14.7. The number of hydrogen-bond acceptors (Lipinski definition) is 4. The summed E-state index contributed by atoms with van der Waals surface area (Å²) in [6.07, 6.45) is 3.62. The van der Waals surface area contributed by atoms with Gasteiger partial charge in [-0.3, -0.25) is 0 Å². The maximum atomic E-state index is 6.24. The predicted molar refractivity (Wildman–Crippen MR) is 81.1 cm³/mol. The van der Waals surface area contributed by atoms with E-state index in [1.807, 2.05) is 12.1 Å². The number of rotatable bonds is 6. The molecular formula is C13H15Cl2N3S.